The summed E-state index contributed by atoms with van der Waals surface area (Å²) in [5.74, 6) is -1.59. The van der Waals surface area contributed by atoms with Gasteiger partial charge in [0.1, 0.15) is 11.0 Å². The summed E-state index contributed by atoms with van der Waals surface area (Å²) < 4.78 is 12.2. The Hall–Kier alpha value is -4.37. The first-order valence-corrected chi connectivity index (χ1v) is 23.1. The normalized spacial score (nSPS) is 18.2. The van der Waals surface area contributed by atoms with Crippen LogP contribution in [0.2, 0.25) is 0 Å². The topological polar surface area (TPSA) is 159 Å². The SMILES string of the molecule is CCC(C)C(C(CC(=O)N1CCCC1C(OC)C(C)C(=O)NC(Cc1ccccc1)c1nccs1)OC)N(C)C(=O)C(NC(=O)C(C(C)C)N(C)Cc1ccc(N)cc1)C(C)C. The molecule has 62 heavy (non-hydrogen) atoms. The fourth-order valence-electron chi connectivity index (χ4n) is 9.06. The third-order valence-electron chi connectivity index (χ3n) is 12.6. The molecular weight excluding hydrogens is 803 g/mol. The molecule has 3 aromatic rings. The van der Waals surface area contributed by atoms with E-state index < -0.39 is 36.3 Å². The molecule has 4 N–H and O–H groups in total. The van der Waals surface area contributed by atoms with Gasteiger partial charge < -0.3 is 35.6 Å². The summed E-state index contributed by atoms with van der Waals surface area (Å²) in [6.07, 6.45) is 3.38. The molecule has 1 aliphatic heterocycles. The molecule has 0 saturated carbocycles. The van der Waals surface area contributed by atoms with Crippen LogP contribution in [0.4, 0.5) is 5.69 Å². The Morgan fingerprint density at radius 3 is 2.15 bits per heavy atom. The first-order valence-electron chi connectivity index (χ1n) is 22.2. The largest absolute Gasteiger partial charge is 0.399 e. The number of anilines is 1. The van der Waals surface area contributed by atoms with Gasteiger partial charge in [-0.25, -0.2) is 4.98 Å². The van der Waals surface area contributed by atoms with E-state index in [1.54, 1.807) is 32.4 Å². The quantitative estimate of drug-likeness (QED) is 0.0925. The van der Waals surface area contributed by atoms with Gasteiger partial charge in [-0.2, -0.15) is 0 Å². The second-order valence-corrected chi connectivity index (χ2v) is 18.7. The summed E-state index contributed by atoms with van der Waals surface area (Å²) in [7, 11) is 6.85. The summed E-state index contributed by atoms with van der Waals surface area (Å²) >= 11 is 1.50. The number of carbonyl (C=O) groups excluding carboxylic acids is 4. The molecule has 1 aromatic heterocycles. The van der Waals surface area contributed by atoms with Crippen LogP contribution < -0.4 is 16.4 Å². The molecule has 0 spiro atoms. The summed E-state index contributed by atoms with van der Waals surface area (Å²) in [6.45, 7) is 14.9. The van der Waals surface area contributed by atoms with Crippen LogP contribution in [0.1, 0.15) is 96.3 Å². The lowest BCUT2D eigenvalue weighted by Gasteiger charge is -2.41. The molecule has 342 valence electrons. The maximum atomic E-state index is 14.6. The lowest BCUT2D eigenvalue weighted by Crippen LogP contribution is -2.60. The number of hydrogen-bond acceptors (Lipinski definition) is 10. The lowest BCUT2D eigenvalue weighted by atomic mass is 9.89. The molecule has 1 aliphatic rings. The number of thiazole rings is 1. The molecule has 4 amide bonds. The van der Waals surface area contributed by atoms with E-state index in [0.717, 1.165) is 29.0 Å². The van der Waals surface area contributed by atoms with Gasteiger partial charge in [0.05, 0.1) is 48.7 Å². The molecule has 0 radical (unpaired) electrons. The van der Waals surface area contributed by atoms with Crippen molar-refractivity contribution < 1.29 is 28.7 Å². The molecular formula is C48H73N7O6S. The van der Waals surface area contributed by atoms with Gasteiger partial charge >= 0.3 is 0 Å². The Balaban J connectivity index is 1.48. The number of aromatic nitrogens is 1. The minimum Gasteiger partial charge on any atom is -0.399 e. The molecule has 9 unspecified atom stereocenters. The van der Waals surface area contributed by atoms with E-state index in [0.29, 0.717) is 31.6 Å². The molecule has 4 rings (SSSR count). The fraction of sp³-hybridized carbons (Fsp3) is 0.604. The Bertz CT molecular complexity index is 1850. The van der Waals surface area contributed by atoms with Gasteiger partial charge in [0.25, 0.3) is 0 Å². The number of likely N-dealkylation sites (tertiary alicyclic amines) is 1. The molecule has 1 saturated heterocycles. The van der Waals surface area contributed by atoms with E-state index in [9.17, 15) is 19.2 Å². The predicted molar refractivity (Wildman–Crippen MR) is 247 cm³/mol. The second kappa shape index (κ2) is 23.9. The highest BCUT2D eigenvalue weighted by Gasteiger charge is 2.43. The first kappa shape index (κ1) is 50.3. The number of benzene rings is 2. The number of carbonyl (C=O) groups is 4. The molecule has 0 aliphatic carbocycles. The first-order chi connectivity index (χ1) is 29.5. The number of nitrogens with zero attached hydrogens (tertiary/aromatic N) is 4. The minimum absolute atomic E-state index is 0.0316. The lowest BCUT2D eigenvalue weighted by molar-refractivity contribution is -0.148. The number of nitrogens with one attached hydrogen (secondary N) is 2. The number of methoxy groups -OCH3 is 2. The van der Waals surface area contributed by atoms with E-state index in [4.69, 9.17) is 15.2 Å². The Morgan fingerprint density at radius 2 is 1.58 bits per heavy atom. The standard InChI is InChI=1S/C48H73N7O6S/c1-12-32(6)43(54(9)48(59)41(30(2)3)52-46(58)42(31(4)5)53(8)29-35-20-22-36(49)23-21-35)39(60-10)28-40(56)55-25-16-19-38(55)44(61-11)33(7)45(57)51-37(47-50-24-26-62-47)27-34-17-14-13-15-18-34/h13-15,17-18,20-24,26,30-33,37-39,41-44H,12,16,19,25,27-29,49H2,1-11H3,(H,51,57)(H,52,58). The van der Waals surface area contributed by atoms with Gasteiger partial charge in [0, 0.05) is 51.6 Å². The monoisotopic (exact) mass is 876 g/mol. The van der Waals surface area contributed by atoms with Gasteiger partial charge in [-0.15, -0.1) is 11.3 Å². The van der Waals surface area contributed by atoms with Crippen LogP contribution in [0.5, 0.6) is 0 Å². The van der Waals surface area contributed by atoms with Crippen molar-refractivity contribution in [3.63, 3.8) is 0 Å². The summed E-state index contributed by atoms with van der Waals surface area (Å²) in [4.78, 5) is 67.1. The van der Waals surface area contributed by atoms with Crippen molar-refractivity contribution in [2.45, 2.75) is 130 Å². The van der Waals surface area contributed by atoms with Crippen LogP contribution in [0, 0.1) is 23.7 Å². The summed E-state index contributed by atoms with van der Waals surface area (Å²) in [5.41, 5.74) is 8.70. The molecule has 9 atom stereocenters. The highest BCUT2D eigenvalue weighted by molar-refractivity contribution is 7.09. The van der Waals surface area contributed by atoms with Crippen molar-refractivity contribution in [3.05, 3.63) is 82.3 Å². The van der Waals surface area contributed by atoms with Gasteiger partial charge in [-0.1, -0.05) is 97.4 Å². The number of amides is 4. The number of likely N-dealkylation sites (N-methyl/N-ethyl adjacent to an activating group) is 2. The Kier molecular flexibility index (Phi) is 19.4. The number of ether oxygens (including phenoxy) is 2. The van der Waals surface area contributed by atoms with Crippen molar-refractivity contribution in [2.24, 2.45) is 23.7 Å². The zero-order valence-electron chi connectivity index (χ0n) is 38.9. The van der Waals surface area contributed by atoms with E-state index in [-0.39, 0.29) is 59.9 Å². The number of hydrogen-bond donors (Lipinski definition) is 3. The smallest absolute Gasteiger partial charge is 0.245 e. The van der Waals surface area contributed by atoms with Gasteiger partial charge in [0.2, 0.25) is 23.6 Å². The van der Waals surface area contributed by atoms with E-state index in [2.05, 4.69) is 29.5 Å². The average molecular weight is 876 g/mol. The number of rotatable bonds is 23. The van der Waals surface area contributed by atoms with Crippen LogP contribution in [-0.2, 0) is 41.6 Å². The third kappa shape index (κ3) is 13.1. The number of nitrogen functional groups attached to an aromatic ring is 1. The molecule has 2 aromatic carbocycles. The predicted octanol–water partition coefficient (Wildman–Crippen LogP) is 6.34. The van der Waals surface area contributed by atoms with Crippen LogP contribution in [0.15, 0.2) is 66.2 Å². The highest BCUT2D eigenvalue weighted by atomic mass is 32.1. The molecule has 14 heteroatoms. The maximum absolute atomic E-state index is 14.6. The van der Waals surface area contributed by atoms with Crippen LogP contribution >= 0.6 is 11.3 Å². The van der Waals surface area contributed by atoms with Crippen LogP contribution in [0.25, 0.3) is 0 Å². The fourth-order valence-corrected chi connectivity index (χ4v) is 9.75. The number of nitrogens with two attached hydrogens (primary N) is 1. The average Bonchev–Trinajstić information content (AvgIpc) is 3.97. The van der Waals surface area contributed by atoms with Gasteiger partial charge in [-0.05, 0) is 67.3 Å². The molecule has 1 fully saturated rings. The van der Waals surface area contributed by atoms with Crippen LogP contribution in [-0.4, -0.2) is 115 Å². The van der Waals surface area contributed by atoms with Gasteiger partial charge in [0.15, 0.2) is 0 Å². The van der Waals surface area contributed by atoms with Crippen molar-refractivity contribution in [3.8, 4) is 0 Å². The zero-order chi connectivity index (χ0) is 45.7. The van der Waals surface area contributed by atoms with Crippen LogP contribution in [0.3, 0.4) is 0 Å². The molecule has 2 heterocycles. The van der Waals surface area contributed by atoms with Crippen molar-refractivity contribution in [2.75, 3.05) is 40.6 Å². The maximum Gasteiger partial charge on any atom is 0.245 e. The molecule has 0 bridgehead atoms. The van der Waals surface area contributed by atoms with Crippen molar-refractivity contribution in [1.29, 1.82) is 0 Å². The van der Waals surface area contributed by atoms with E-state index in [1.165, 1.54) is 11.3 Å². The highest BCUT2D eigenvalue weighted by Crippen LogP contribution is 2.31. The van der Waals surface area contributed by atoms with Crippen molar-refractivity contribution >= 4 is 40.7 Å². The van der Waals surface area contributed by atoms with E-state index >= 15 is 0 Å². The van der Waals surface area contributed by atoms with Crippen molar-refractivity contribution in [1.82, 2.24) is 30.3 Å². The minimum atomic E-state index is -0.806. The van der Waals surface area contributed by atoms with E-state index in [1.807, 2.05) is 111 Å². The van der Waals surface area contributed by atoms with Gasteiger partial charge in [-0.3, -0.25) is 24.1 Å². The Labute approximate surface area is 374 Å². The zero-order valence-corrected chi connectivity index (χ0v) is 39.7. The molecule has 13 nitrogen and oxygen atoms in total. The Morgan fingerprint density at radius 1 is 0.903 bits per heavy atom. The summed E-state index contributed by atoms with van der Waals surface area (Å²) in [6, 6.07) is 15.2. The second-order valence-electron chi connectivity index (χ2n) is 17.8. The summed E-state index contributed by atoms with van der Waals surface area (Å²) in [5, 5.41) is 9.10. The third-order valence-corrected chi connectivity index (χ3v) is 13.5.